The first-order valence-corrected chi connectivity index (χ1v) is 7.01. The average Bonchev–Trinajstić information content (AvgIpc) is 2.54. The third kappa shape index (κ3) is 5.28. The topological polar surface area (TPSA) is 64.3 Å². The lowest BCUT2D eigenvalue weighted by Gasteiger charge is -2.12. The number of amides is 1. The van der Waals surface area contributed by atoms with Gasteiger partial charge in [-0.1, -0.05) is 48.5 Å². The van der Waals surface area contributed by atoms with Crippen LogP contribution in [0.1, 0.15) is 18.0 Å². The summed E-state index contributed by atoms with van der Waals surface area (Å²) in [5.41, 5.74) is 7.14. The van der Waals surface area contributed by atoms with Crippen LogP contribution in [-0.4, -0.2) is 19.1 Å². The van der Waals surface area contributed by atoms with Gasteiger partial charge in [-0.05, 0) is 24.1 Å². The van der Waals surface area contributed by atoms with Gasteiger partial charge in [0.05, 0.1) is 0 Å². The summed E-state index contributed by atoms with van der Waals surface area (Å²) in [5.74, 6) is 0.549. The minimum atomic E-state index is -0.140. The van der Waals surface area contributed by atoms with Gasteiger partial charge in [0, 0.05) is 12.6 Å². The first-order chi connectivity index (χ1) is 10.3. The number of carbonyl (C=O) groups is 1. The molecule has 0 radical (unpaired) electrons. The molecule has 1 unspecified atom stereocenters. The summed E-state index contributed by atoms with van der Waals surface area (Å²) < 4.78 is 5.37. The SMILES string of the molecule is NC(CCNC(=O)COc1ccccc1)c1ccccc1. The van der Waals surface area contributed by atoms with Crippen LogP contribution < -0.4 is 15.8 Å². The average molecular weight is 284 g/mol. The maximum absolute atomic E-state index is 11.7. The van der Waals surface area contributed by atoms with Crippen molar-refractivity contribution in [3.63, 3.8) is 0 Å². The molecule has 0 fully saturated rings. The van der Waals surface area contributed by atoms with Crippen molar-refractivity contribution in [1.82, 2.24) is 5.32 Å². The Kier molecular flexibility index (Phi) is 5.79. The summed E-state index contributed by atoms with van der Waals surface area (Å²) in [5, 5.41) is 2.81. The minimum Gasteiger partial charge on any atom is -0.484 e. The number of nitrogens with two attached hydrogens (primary N) is 1. The van der Waals surface area contributed by atoms with Crippen LogP contribution >= 0.6 is 0 Å². The van der Waals surface area contributed by atoms with Gasteiger partial charge in [0.2, 0.25) is 0 Å². The lowest BCUT2D eigenvalue weighted by Crippen LogP contribution is -2.31. The summed E-state index contributed by atoms with van der Waals surface area (Å²) >= 11 is 0. The van der Waals surface area contributed by atoms with E-state index in [0.29, 0.717) is 18.7 Å². The predicted octanol–water partition coefficient (Wildman–Crippen LogP) is 2.27. The number of rotatable bonds is 7. The number of para-hydroxylation sites is 1. The number of nitrogens with one attached hydrogen (secondary N) is 1. The highest BCUT2D eigenvalue weighted by molar-refractivity contribution is 5.77. The van der Waals surface area contributed by atoms with E-state index in [-0.39, 0.29) is 18.6 Å². The standard InChI is InChI=1S/C17H20N2O2/c18-16(14-7-3-1-4-8-14)11-12-19-17(20)13-21-15-9-5-2-6-10-15/h1-10,16H,11-13,18H2,(H,19,20). The Morgan fingerprint density at radius 2 is 1.67 bits per heavy atom. The second-order valence-corrected chi connectivity index (χ2v) is 4.76. The Balaban J connectivity index is 1.65. The summed E-state index contributed by atoms with van der Waals surface area (Å²) in [6, 6.07) is 19.1. The van der Waals surface area contributed by atoms with Gasteiger partial charge in [0.1, 0.15) is 5.75 Å². The van der Waals surface area contributed by atoms with E-state index in [4.69, 9.17) is 10.5 Å². The number of carbonyl (C=O) groups excluding carboxylic acids is 1. The van der Waals surface area contributed by atoms with Gasteiger partial charge in [-0.25, -0.2) is 0 Å². The molecule has 2 aromatic carbocycles. The Morgan fingerprint density at radius 3 is 2.33 bits per heavy atom. The maximum Gasteiger partial charge on any atom is 0.257 e. The van der Waals surface area contributed by atoms with Crippen molar-refractivity contribution in [3.8, 4) is 5.75 Å². The van der Waals surface area contributed by atoms with Crippen LogP contribution in [0.3, 0.4) is 0 Å². The lowest BCUT2D eigenvalue weighted by molar-refractivity contribution is -0.123. The van der Waals surface area contributed by atoms with E-state index in [0.717, 1.165) is 5.56 Å². The number of ether oxygens (including phenoxy) is 1. The van der Waals surface area contributed by atoms with E-state index in [1.54, 1.807) is 0 Å². The molecule has 0 aliphatic heterocycles. The first-order valence-electron chi connectivity index (χ1n) is 7.01. The van der Waals surface area contributed by atoms with Gasteiger partial charge in [0.25, 0.3) is 5.91 Å². The molecule has 4 nitrogen and oxygen atoms in total. The molecule has 0 aliphatic rings. The molecular weight excluding hydrogens is 264 g/mol. The molecule has 3 N–H and O–H groups in total. The van der Waals surface area contributed by atoms with Crippen molar-refractivity contribution in [2.75, 3.05) is 13.2 Å². The molecule has 0 heterocycles. The van der Waals surface area contributed by atoms with Crippen LogP contribution in [0, 0.1) is 0 Å². The zero-order chi connectivity index (χ0) is 14.9. The minimum absolute atomic E-state index is 0.0184. The number of hydrogen-bond donors (Lipinski definition) is 2. The van der Waals surface area contributed by atoms with Crippen LogP contribution in [0.25, 0.3) is 0 Å². The maximum atomic E-state index is 11.7. The second-order valence-electron chi connectivity index (χ2n) is 4.76. The molecule has 0 spiro atoms. The van der Waals surface area contributed by atoms with Crippen molar-refractivity contribution in [1.29, 1.82) is 0 Å². The molecule has 1 amide bonds. The van der Waals surface area contributed by atoms with Gasteiger partial charge in [-0.3, -0.25) is 4.79 Å². The van der Waals surface area contributed by atoms with Gasteiger partial charge in [0.15, 0.2) is 6.61 Å². The molecule has 110 valence electrons. The van der Waals surface area contributed by atoms with Crippen molar-refractivity contribution in [2.45, 2.75) is 12.5 Å². The fourth-order valence-electron chi connectivity index (χ4n) is 1.95. The van der Waals surface area contributed by atoms with Crippen LogP contribution in [-0.2, 0) is 4.79 Å². The molecule has 4 heteroatoms. The van der Waals surface area contributed by atoms with Crippen LogP contribution in [0.4, 0.5) is 0 Å². The Hall–Kier alpha value is -2.33. The summed E-state index contributed by atoms with van der Waals surface area (Å²) in [7, 11) is 0. The van der Waals surface area contributed by atoms with Crippen LogP contribution in [0.5, 0.6) is 5.75 Å². The smallest absolute Gasteiger partial charge is 0.257 e. The molecule has 0 saturated heterocycles. The predicted molar refractivity (Wildman–Crippen MR) is 82.9 cm³/mol. The monoisotopic (exact) mass is 284 g/mol. The first kappa shape index (κ1) is 15.1. The molecule has 0 aromatic heterocycles. The zero-order valence-electron chi connectivity index (χ0n) is 11.9. The van der Waals surface area contributed by atoms with Gasteiger partial charge in [-0.2, -0.15) is 0 Å². The van der Waals surface area contributed by atoms with E-state index in [2.05, 4.69) is 5.32 Å². The summed E-state index contributed by atoms with van der Waals surface area (Å²) in [4.78, 5) is 11.7. The second kappa shape index (κ2) is 8.07. The Bertz CT molecular complexity index is 543. The third-order valence-electron chi connectivity index (χ3n) is 3.12. The Morgan fingerprint density at radius 1 is 1.05 bits per heavy atom. The fourth-order valence-corrected chi connectivity index (χ4v) is 1.95. The molecule has 0 bridgehead atoms. The molecule has 0 aliphatic carbocycles. The van der Waals surface area contributed by atoms with Crippen LogP contribution in [0.2, 0.25) is 0 Å². The molecule has 1 atom stereocenters. The van der Waals surface area contributed by atoms with Crippen LogP contribution in [0.15, 0.2) is 60.7 Å². The third-order valence-corrected chi connectivity index (χ3v) is 3.12. The van der Waals surface area contributed by atoms with E-state index in [1.807, 2.05) is 60.7 Å². The number of hydrogen-bond acceptors (Lipinski definition) is 3. The van der Waals surface area contributed by atoms with E-state index < -0.39 is 0 Å². The van der Waals surface area contributed by atoms with Gasteiger partial charge >= 0.3 is 0 Å². The highest BCUT2D eigenvalue weighted by Crippen LogP contribution is 2.12. The van der Waals surface area contributed by atoms with E-state index in [9.17, 15) is 4.79 Å². The van der Waals surface area contributed by atoms with Gasteiger partial charge < -0.3 is 15.8 Å². The zero-order valence-corrected chi connectivity index (χ0v) is 11.9. The molecule has 2 aromatic rings. The fraction of sp³-hybridized carbons (Fsp3) is 0.235. The molecule has 0 saturated carbocycles. The van der Waals surface area contributed by atoms with Crippen molar-refractivity contribution in [3.05, 3.63) is 66.2 Å². The molecular formula is C17H20N2O2. The van der Waals surface area contributed by atoms with Gasteiger partial charge in [-0.15, -0.1) is 0 Å². The summed E-state index contributed by atoms with van der Waals surface area (Å²) in [6.45, 7) is 0.553. The molecule has 2 rings (SSSR count). The largest absolute Gasteiger partial charge is 0.484 e. The lowest BCUT2D eigenvalue weighted by atomic mass is 10.1. The number of benzene rings is 2. The van der Waals surface area contributed by atoms with Crippen molar-refractivity contribution in [2.24, 2.45) is 5.73 Å². The summed E-state index contributed by atoms with van der Waals surface area (Å²) in [6.07, 6.45) is 0.696. The normalized spacial score (nSPS) is 11.7. The van der Waals surface area contributed by atoms with Crippen molar-refractivity contribution < 1.29 is 9.53 Å². The highest BCUT2D eigenvalue weighted by atomic mass is 16.5. The van der Waals surface area contributed by atoms with E-state index in [1.165, 1.54) is 0 Å². The van der Waals surface area contributed by atoms with Crippen molar-refractivity contribution >= 4 is 5.91 Å². The quantitative estimate of drug-likeness (QED) is 0.819. The Labute approximate surface area is 124 Å². The molecule has 21 heavy (non-hydrogen) atoms. The van der Waals surface area contributed by atoms with E-state index >= 15 is 0 Å². The highest BCUT2D eigenvalue weighted by Gasteiger charge is 2.07.